The lowest BCUT2D eigenvalue weighted by Crippen LogP contribution is -2.34. The Balaban J connectivity index is 2.62. The van der Waals surface area contributed by atoms with Crippen LogP contribution >= 0.6 is 0 Å². The fourth-order valence-electron chi connectivity index (χ4n) is 1.25. The number of nitrogens with two attached hydrogens (primary N) is 1. The van der Waals surface area contributed by atoms with Crippen LogP contribution in [-0.2, 0) is 4.79 Å². The second kappa shape index (κ2) is 5.63. The van der Waals surface area contributed by atoms with Gasteiger partial charge in [0, 0.05) is 6.04 Å². The minimum atomic E-state index is -0.417. The molecule has 0 aliphatic carbocycles. The molecule has 0 heterocycles. The van der Waals surface area contributed by atoms with Crippen molar-refractivity contribution < 1.29 is 9.18 Å². The molecule has 0 fully saturated rings. The first-order valence-electron chi connectivity index (χ1n) is 5.45. The number of nitrogens with one attached hydrogen (secondary N) is 1. The number of hydrogen-bond donors (Lipinski definition) is 2. The van der Waals surface area contributed by atoms with Gasteiger partial charge in [0.05, 0.1) is 17.9 Å². The predicted octanol–water partition coefficient (Wildman–Crippen LogP) is 1.69. The number of nitrogens with zero attached hydrogens (tertiary/aromatic N) is 1. The Bertz CT molecular complexity index is 407. The maximum Gasteiger partial charge on any atom is 0.238 e. The molecule has 1 rings (SSSR count). The number of hydrogen-bond acceptors (Lipinski definition) is 3. The molecule has 94 valence electrons. The van der Waals surface area contributed by atoms with E-state index in [1.807, 2.05) is 25.8 Å². The van der Waals surface area contributed by atoms with Crippen LogP contribution in [0.2, 0.25) is 0 Å². The van der Waals surface area contributed by atoms with Gasteiger partial charge >= 0.3 is 0 Å². The minimum Gasteiger partial charge on any atom is -0.397 e. The molecule has 0 aliphatic heterocycles. The van der Waals surface area contributed by atoms with Crippen molar-refractivity contribution in [2.24, 2.45) is 0 Å². The number of amides is 1. The lowest BCUT2D eigenvalue weighted by molar-refractivity contribution is -0.117. The second-order valence-corrected chi connectivity index (χ2v) is 4.29. The van der Waals surface area contributed by atoms with Crippen molar-refractivity contribution in [3.05, 3.63) is 24.0 Å². The Morgan fingerprint density at radius 2 is 2.18 bits per heavy atom. The number of anilines is 2. The molecular weight excluding hydrogens is 221 g/mol. The number of rotatable bonds is 4. The summed E-state index contributed by atoms with van der Waals surface area (Å²) in [6, 6.07) is 4.18. The number of halogens is 1. The van der Waals surface area contributed by atoms with Crippen LogP contribution in [0.4, 0.5) is 15.8 Å². The first-order chi connectivity index (χ1) is 7.90. The zero-order valence-electron chi connectivity index (χ0n) is 10.3. The van der Waals surface area contributed by atoms with Crippen molar-refractivity contribution in [2.75, 3.05) is 24.6 Å². The maximum absolute atomic E-state index is 12.8. The van der Waals surface area contributed by atoms with Crippen molar-refractivity contribution >= 4 is 17.3 Å². The highest BCUT2D eigenvalue weighted by atomic mass is 19.1. The van der Waals surface area contributed by atoms with Gasteiger partial charge in [-0.05, 0) is 39.1 Å². The van der Waals surface area contributed by atoms with E-state index in [9.17, 15) is 9.18 Å². The molecule has 0 aliphatic rings. The van der Waals surface area contributed by atoms with E-state index in [-0.39, 0.29) is 24.2 Å². The smallest absolute Gasteiger partial charge is 0.238 e. The molecule has 4 nitrogen and oxygen atoms in total. The normalized spacial score (nSPS) is 10.9. The molecule has 1 amide bonds. The first-order valence-corrected chi connectivity index (χ1v) is 5.45. The molecule has 0 radical (unpaired) electrons. The summed E-state index contributed by atoms with van der Waals surface area (Å²) in [4.78, 5) is 13.6. The van der Waals surface area contributed by atoms with Crippen LogP contribution in [0.1, 0.15) is 13.8 Å². The minimum absolute atomic E-state index is 0.167. The lowest BCUT2D eigenvalue weighted by Gasteiger charge is -2.20. The molecule has 1 aromatic carbocycles. The zero-order valence-corrected chi connectivity index (χ0v) is 10.3. The van der Waals surface area contributed by atoms with Crippen LogP contribution in [0.25, 0.3) is 0 Å². The summed E-state index contributed by atoms with van der Waals surface area (Å²) in [6.45, 7) is 4.27. The second-order valence-electron chi connectivity index (χ2n) is 4.29. The van der Waals surface area contributed by atoms with Crippen LogP contribution in [0.15, 0.2) is 18.2 Å². The molecule has 0 bridgehead atoms. The fraction of sp³-hybridized carbons (Fsp3) is 0.417. The van der Waals surface area contributed by atoms with Gasteiger partial charge in [-0.3, -0.25) is 9.69 Å². The third-order valence-electron chi connectivity index (χ3n) is 2.56. The van der Waals surface area contributed by atoms with Crippen LogP contribution in [0.5, 0.6) is 0 Å². The monoisotopic (exact) mass is 239 g/mol. The van der Waals surface area contributed by atoms with E-state index in [0.29, 0.717) is 5.69 Å². The highest BCUT2D eigenvalue weighted by Crippen LogP contribution is 2.18. The average Bonchev–Trinajstić information content (AvgIpc) is 2.22. The van der Waals surface area contributed by atoms with Gasteiger partial charge in [-0.15, -0.1) is 0 Å². The van der Waals surface area contributed by atoms with E-state index in [1.54, 1.807) is 0 Å². The Hall–Kier alpha value is -1.62. The van der Waals surface area contributed by atoms with Gasteiger partial charge in [0.25, 0.3) is 0 Å². The maximum atomic E-state index is 12.8. The van der Waals surface area contributed by atoms with Gasteiger partial charge in [-0.25, -0.2) is 4.39 Å². The summed E-state index contributed by atoms with van der Waals surface area (Å²) in [5.41, 5.74) is 6.26. The fourth-order valence-corrected chi connectivity index (χ4v) is 1.25. The molecular formula is C12H18FN3O. The number of carbonyl (C=O) groups is 1. The van der Waals surface area contributed by atoms with Gasteiger partial charge in [0.15, 0.2) is 0 Å². The van der Waals surface area contributed by atoms with E-state index in [0.717, 1.165) is 0 Å². The molecule has 0 atom stereocenters. The summed E-state index contributed by atoms with van der Waals surface area (Å²) in [6.07, 6.45) is 0. The van der Waals surface area contributed by atoms with Gasteiger partial charge < -0.3 is 11.1 Å². The van der Waals surface area contributed by atoms with Crippen molar-refractivity contribution in [3.63, 3.8) is 0 Å². The lowest BCUT2D eigenvalue weighted by atomic mass is 10.2. The van der Waals surface area contributed by atoms with E-state index < -0.39 is 5.82 Å². The Labute approximate surface area is 101 Å². The Morgan fingerprint density at radius 3 is 2.71 bits per heavy atom. The zero-order chi connectivity index (χ0) is 13.0. The topological polar surface area (TPSA) is 58.4 Å². The summed E-state index contributed by atoms with van der Waals surface area (Å²) in [7, 11) is 1.86. The number of nitrogen functional groups attached to an aromatic ring is 1. The first kappa shape index (κ1) is 13.4. The third-order valence-corrected chi connectivity index (χ3v) is 2.56. The quantitative estimate of drug-likeness (QED) is 0.786. The largest absolute Gasteiger partial charge is 0.397 e. The van der Waals surface area contributed by atoms with Crippen molar-refractivity contribution in [3.8, 4) is 0 Å². The molecule has 17 heavy (non-hydrogen) atoms. The molecule has 0 aromatic heterocycles. The van der Waals surface area contributed by atoms with Crippen LogP contribution in [0, 0.1) is 5.82 Å². The number of benzene rings is 1. The Morgan fingerprint density at radius 1 is 1.53 bits per heavy atom. The summed E-state index contributed by atoms with van der Waals surface area (Å²) in [5, 5.41) is 2.65. The predicted molar refractivity (Wildman–Crippen MR) is 67.2 cm³/mol. The van der Waals surface area contributed by atoms with Gasteiger partial charge in [0.2, 0.25) is 5.91 Å². The van der Waals surface area contributed by atoms with Gasteiger partial charge in [0.1, 0.15) is 5.82 Å². The standard InChI is InChI=1S/C12H18FN3O/c1-8(2)16(3)7-12(17)15-11-5-4-9(13)6-10(11)14/h4-6,8H,7,14H2,1-3H3,(H,15,17). The van der Waals surface area contributed by atoms with Crippen LogP contribution in [0.3, 0.4) is 0 Å². The highest BCUT2D eigenvalue weighted by Gasteiger charge is 2.10. The molecule has 0 spiro atoms. The average molecular weight is 239 g/mol. The van der Waals surface area contributed by atoms with Crippen LogP contribution < -0.4 is 11.1 Å². The van der Waals surface area contributed by atoms with E-state index in [2.05, 4.69) is 5.32 Å². The molecule has 5 heteroatoms. The summed E-state index contributed by atoms with van der Waals surface area (Å²) >= 11 is 0. The highest BCUT2D eigenvalue weighted by molar-refractivity contribution is 5.95. The van der Waals surface area contributed by atoms with E-state index >= 15 is 0 Å². The molecule has 0 saturated carbocycles. The van der Waals surface area contributed by atoms with Crippen molar-refractivity contribution in [1.82, 2.24) is 4.90 Å². The molecule has 3 N–H and O–H groups in total. The van der Waals surface area contributed by atoms with Gasteiger partial charge in [-0.2, -0.15) is 0 Å². The molecule has 0 unspecified atom stereocenters. The van der Waals surface area contributed by atoms with Crippen molar-refractivity contribution in [2.45, 2.75) is 19.9 Å². The molecule has 1 aromatic rings. The SMILES string of the molecule is CC(C)N(C)CC(=O)Nc1ccc(F)cc1N. The van der Waals surface area contributed by atoms with E-state index in [1.165, 1.54) is 18.2 Å². The Kier molecular flexibility index (Phi) is 4.45. The van der Waals surface area contributed by atoms with Crippen molar-refractivity contribution in [1.29, 1.82) is 0 Å². The summed E-state index contributed by atoms with van der Waals surface area (Å²) < 4.78 is 12.8. The van der Waals surface area contributed by atoms with Gasteiger partial charge in [-0.1, -0.05) is 0 Å². The number of likely N-dealkylation sites (N-methyl/N-ethyl adjacent to an activating group) is 1. The third kappa shape index (κ3) is 4.03. The summed E-state index contributed by atoms with van der Waals surface area (Å²) in [5.74, 6) is -0.584. The molecule has 0 saturated heterocycles. The van der Waals surface area contributed by atoms with E-state index in [4.69, 9.17) is 5.73 Å². The number of carbonyl (C=O) groups excluding carboxylic acids is 1. The van der Waals surface area contributed by atoms with Crippen LogP contribution in [-0.4, -0.2) is 30.4 Å².